The van der Waals surface area contributed by atoms with Gasteiger partial charge in [0.25, 0.3) is 0 Å². The van der Waals surface area contributed by atoms with Crippen molar-refractivity contribution in [3.63, 3.8) is 0 Å². The van der Waals surface area contributed by atoms with E-state index >= 15 is 0 Å². The highest BCUT2D eigenvalue weighted by molar-refractivity contribution is 8.01. The van der Waals surface area contributed by atoms with Crippen LogP contribution < -0.4 is 10.6 Å². The van der Waals surface area contributed by atoms with Gasteiger partial charge in [-0.3, -0.25) is 9.59 Å². The molecule has 0 spiro atoms. The topological polar surface area (TPSA) is 58.2 Å². The fraction of sp³-hybridized carbons (Fsp3) is 0.263. The molecule has 1 heterocycles. The minimum Gasteiger partial charge on any atom is -0.326 e. The monoisotopic (exact) mass is 340 g/mol. The summed E-state index contributed by atoms with van der Waals surface area (Å²) in [6, 6.07) is 15.4. The summed E-state index contributed by atoms with van der Waals surface area (Å²) in [5.41, 5.74) is 2.79. The van der Waals surface area contributed by atoms with Gasteiger partial charge in [-0.25, -0.2) is 0 Å². The predicted octanol–water partition coefficient (Wildman–Crippen LogP) is 3.94. The molecule has 124 valence electrons. The van der Waals surface area contributed by atoms with E-state index in [2.05, 4.69) is 17.6 Å². The molecule has 1 aliphatic heterocycles. The van der Waals surface area contributed by atoms with Crippen molar-refractivity contribution in [1.29, 1.82) is 0 Å². The van der Waals surface area contributed by atoms with E-state index in [0.717, 1.165) is 22.7 Å². The third-order valence-corrected chi connectivity index (χ3v) is 5.64. The van der Waals surface area contributed by atoms with Gasteiger partial charge in [-0.05, 0) is 36.2 Å². The molecule has 0 saturated heterocycles. The highest BCUT2D eigenvalue weighted by Crippen LogP contribution is 2.38. The first-order chi connectivity index (χ1) is 11.6. The zero-order valence-corrected chi connectivity index (χ0v) is 14.5. The minimum atomic E-state index is -0.436. The maximum absolute atomic E-state index is 12.5. The SMILES string of the molecule is CCc1ccc(NC(=O)C(C)C2Sc3ccccc3NC2=O)cc1. The molecule has 0 aromatic heterocycles. The lowest BCUT2D eigenvalue weighted by Gasteiger charge is -2.27. The molecule has 2 amide bonds. The predicted molar refractivity (Wildman–Crippen MR) is 98.3 cm³/mol. The molecule has 2 aromatic carbocycles. The maximum Gasteiger partial charge on any atom is 0.238 e. The molecule has 0 fully saturated rings. The largest absolute Gasteiger partial charge is 0.326 e. The molecule has 1 aliphatic rings. The highest BCUT2D eigenvalue weighted by atomic mass is 32.2. The van der Waals surface area contributed by atoms with Crippen molar-refractivity contribution >= 4 is 35.0 Å². The minimum absolute atomic E-state index is 0.123. The Bertz CT molecular complexity index is 758. The average Bonchev–Trinajstić information content (AvgIpc) is 2.61. The molecule has 24 heavy (non-hydrogen) atoms. The van der Waals surface area contributed by atoms with Crippen LogP contribution in [0.1, 0.15) is 19.4 Å². The van der Waals surface area contributed by atoms with Gasteiger partial charge in [0.2, 0.25) is 11.8 Å². The van der Waals surface area contributed by atoms with Crippen LogP contribution in [0.4, 0.5) is 11.4 Å². The Balaban J connectivity index is 1.70. The van der Waals surface area contributed by atoms with Crippen molar-refractivity contribution < 1.29 is 9.59 Å². The van der Waals surface area contributed by atoms with Gasteiger partial charge >= 0.3 is 0 Å². The van der Waals surface area contributed by atoms with Crippen LogP contribution in [-0.2, 0) is 16.0 Å². The summed E-state index contributed by atoms with van der Waals surface area (Å²) in [4.78, 5) is 25.8. The lowest BCUT2D eigenvalue weighted by Crippen LogP contribution is -2.39. The molecule has 0 saturated carbocycles. The van der Waals surface area contributed by atoms with Crippen LogP contribution in [0.2, 0.25) is 0 Å². The van der Waals surface area contributed by atoms with Crippen molar-refractivity contribution in [3.8, 4) is 0 Å². The molecule has 4 nitrogen and oxygen atoms in total. The van der Waals surface area contributed by atoms with Crippen LogP contribution >= 0.6 is 11.8 Å². The number of hydrogen-bond donors (Lipinski definition) is 2. The summed E-state index contributed by atoms with van der Waals surface area (Å²) >= 11 is 1.45. The summed E-state index contributed by atoms with van der Waals surface area (Å²) in [6.45, 7) is 3.88. The molecule has 0 aliphatic carbocycles. The smallest absolute Gasteiger partial charge is 0.238 e. The van der Waals surface area contributed by atoms with Crippen molar-refractivity contribution in [3.05, 3.63) is 54.1 Å². The van der Waals surface area contributed by atoms with E-state index in [0.29, 0.717) is 0 Å². The van der Waals surface area contributed by atoms with E-state index in [1.54, 1.807) is 6.92 Å². The lowest BCUT2D eigenvalue weighted by atomic mass is 10.0. The van der Waals surface area contributed by atoms with E-state index in [4.69, 9.17) is 0 Å². The quantitative estimate of drug-likeness (QED) is 0.886. The summed E-state index contributed by atoms with van der Waals surface area (Å²) in [5.74, 6) is -0.705. The first kappa shape index (κ1) is 16.6. The number of anilines is 2. The van der Waals surface area contributed by atoms with Crippen LogP contribution in [0.5, 0.6) is 0 Å². The number of carbonyl (C=O) groups excluding carboxylic acids is 2. The summed E-state index contributed by atoms with van der Waals surface area (Å²) in [5, 5.41) is 5.35. The number of fused-ring (bicyclic) bond motifs is 1. The highest BCUT2D eigenvalue weighted by Gasteiger charge is 2.35. The number of benzene rings is 2. The third-order valence-electron chi connectivity index (χ3n) is 4.15. The van der Waals surface area contributed by atoms with Gasteiger partial charge in [-0.1, -0.05) is 38.1 Å². The van der Waals surface area contributed by atoms with Crippen LogP contribution in [-0.4, -0.2) is 17.1 Å². The van der Waals surface area contributed by atoms with Crippen molar-refractivity contribution in [2.24, 2.45) is 5.92 Å². The molecule has 2 N–H and O–H groups in total. The van der Waals surface area contributed by atoms with Gasteiger partial charge in [-0.15, -0.1) is 11.8 Å². The standard InChI is InChI=1S/C19H20N2O2S/c1-3-13-8-10-14(11-9-13)20-18(22)12(2)17-19(23)21-15-6-4-5-7-16(15)24-17/h4-12,17H,3H2,1-2H3,(H,20,22)(H,21,23). The van der Waals surface area contributed by atoms with Crippen molar-refractivity contribution in [1.82, 2.24) is 0 Å². The number of rotatable bonds is 4. The van der Waals surface area contributed by atoms with E-state index in [1.807, 2.05) is 48.5 Å². The number of nitrogens with one attached hydrogen (secondary N) is 2. The number of hydrogen-bond acceptors (Lipinski definition) is 3. The molecular formula is C19H20N2O2S. The Morgan fingerprint density at radius 2 is 1.92 bits per heavy atom. The van der Waals surface area contributed by atoms with Crippen LogP contribution in [0.25, 0.3) is 0 Å². The lowest BCUT2D eigenvalue weighted by molar-refractivity contribution is -0.123. The normalized spacial score (nSPS) is 17.6. The summed E-state index contributed by atoms with van der Waals surface area (Å²) in [6.07, 6.45) is 0.961. The van der Waals surface area contributed by atoms with Gasteiger partial charge in [-0.2, -0.15) is 0 Å². The number of amides is 2. The Morgan fingerprint density at radius 1 is 1.21 bits per heavy atom. The van der Waals surface area contributed by atoms with Gasteiger partial charge in [0, 0.05) is 10.6 Å². The van der Waals surface area contributed by atoms with E-state index in [9.17, 15) is 9.59 Å². The van der Waals surface area contributed by atoms with E-state index in [1.165, 1.54) is 17.3 Å². The van der Waals surface area contributed by atoms with E-state index < -0.39 is 11.2 Å². The fourth-order valence-electron chi connectivity index (χ4n) is 2.61. The molecule has 0 radical (unpaired) electrons. The Labute approximate surface area is 146 Å². The molecule has 2 aromatic rings. The number of carbonyl (C=O) groups is 2. The summed E-state index contributed by atoms with van der Waals surface area (Å²) in [7, 11) is 0. The first-order valence-electron chi connectivity index (χ1n) is 8.05. The number of thioether (sulfide) groups is 1. The van der Waals surface area contributed by atoms with Gasteiger partial charge < -0.3 is 10.6 Å². The third kappa shape index (κ3) is 3.46. The second-order valence-corrected chi connectivity index (χ2v) is 7.04. The molecule has 5 heteroatoms. The van der Waals surface area contributed by atoms with Crippen molar-refractivity contribution in [2.75, 3.05) is 10.6 Å². The summed E-state index contributed by atoms with van der Waals surface area (Å²) < 4.78 is 0. The van der Waals surface area contributed by atoms with Crippen LogP contribution in [0, 0.1) is 5.92 Å². The van der Waals surface area contributed by atoms with Gasteiger partial charge in [0.15, 0.2) is 0 Å². The molecule has 2 atom stereocenters. The van der Waals surface area contributed by atoms with Crippen LogP contribution in [0.15, 0.2) is 53.4 Å². The fourth-order valence-corrected chi connectivity index (χ4v) is 3.78. The zero-order valence-electron chi connectivity index (χ0n) is 13.7. The zero-order chi connectivity index (χ0) is 17.1. The molecule has 2 unspecified atom stereocenters. The van der Waals surface area contributed by atoms with Gasteiger partial charge in [0.05, 0.1) is 16.9 Å². The number of aryl methyl sites for hydroxylation is 1. The second kappa shape index (κ2) is 7.09. The first-order valence-corrected chi connectivity index (χ1v) is 8.93. The second-order valence-electron chi connectivity index (χ2n) is 5.85. The Kier molecular flexibility index (Phi) is 4.90. The maximum atomic E-state index is 12.5. The van der Waals surface area contributed by atoms with Crippen LogP contribution in [0.3, 0.4) is 0 Å². The Hall–Kier alpha value is -2.27. The Morgan fingerprint density at radius 3 is 2.62 bits per heavy atom. The van der Waals surface area contributed by atoms with E-state index in [-0.39, 0.29) is 11.8 Å². The van der Waals surface area contributed by atoms with Crippen molar-refractivity contribution in [2.45, 2.75) is 30.4 Å². The molecule has 0 bridgehead atoms. The average molecular weight is 340 g/mol. The molecule has 3 rings (SSSR count). The number of para-hydroxylation sites is 1. The van der Waals surface area contributed by atoms with Gasteiger partial charge in [0.1, 0.15) is 0 Å². The molecular weight excluding hydrogens is 320 g/mol.